The summed E-state index contributed by atoms with van der Waals surface area (Å²) in [6.07, 6.45) is 0. The fourth-order valence-electron chi connectivity index (χ4n) is 2.00. The SMILES string of the molecule is COc1cc(CNC(C)C)ccc1OCc1ccccc1.[Cl-]. The lowest BCUT2D eigenvalue weighted by molar-refractivity contribution is -0.00000512. The van der Waals surface area contributed by atoms with E-state index in [1.165, 1.54) is 5.56 Å². The van der Waals surface area contributed by atoms with Gasteiger partial charge in [0.25, 0.3) is 0 Å². The highest BCUT2D eigenvalue weighted by Gasteiger charge is 2.06. The van der Waals surface area contributed by atoms with Crippen molar-refractivity contribution in [3.05, 3.63) is 59.7 Å². The van der Waals surface area contributed by atoms with Crippen molar-refractivity contribution in [3.8, 4) is 11.5 Å². The molecule has 3 nitrogen and oxygen atoms in total. The molecule has 0 amide bonds. The van der Waals surface area contributed by atoms with Gasteiger partial charge in [0.05, 0.1) is 7.11 Å². The maximum absolute atomic E-state index is 5.85. The normalized spacial score (nSPS) is 10.2. The Morgan fingerprint density at radius 3 is 2.32 bits per heavy atom. The van der Waals surface area contributed by atoms with Gasteiger partial charge in [-0.1, -0.05) is 50.2 Å². The van der Waals surface area contributed by atoms with E-state index in [0.29, 0.717) is 12.6 Å². The monoisotopic (exact) mass is 320 g/mol. The van der Waals surface area contributed by atoms with Crippen molar-refractivity contribution in [1.82, 2.24) is 5.32 Å². The standard InChI is InChI=1S/C18H23NO2.ClH/c1-14(2)19-12-16-9-10-17(18(11-16)20-3)21-13-15-7-5-4-6-8-15;/h4-11,14,19H,12-13H2,1-3H3;1H/p-1. The molecule has 120 valence electrons. The van der Waals surface area contributed by atoms with Gasteiger partial charge in [-0.2, -0.15) is 0 Å². The smallest absolute Gasteiger partial charge is 0.161 e. The zero-order valence-corrected chi connectivity index (χ0v) is 14.1. The van der Waals surface area contributed by atoms with Gasteiger partial charge in [0.1, 0.15) is 6.61 Å². The molecule has 0 aliphatic rings. The van der Waals surface area contributed by atoms with Gasteiger partial charge in [0.2, 0.25) is 0 Å². The third-order valence-electron chi connectivity index (χ3n) is 3.18. The fraction of sp³-hybridized carbons (Fsp3) is 0.333. The van der Waals surface area contributed by atoms with E-state index < -0.39 is 0 Å². The highest BCUT2D eigenvalue weighted by Crippen LogP contribution is 2.28. The number of hydrogen-bond donors (Lipinski definition) is 1. The summed E-state index contributed by atoms with van der Waals surface area (Å²) in [5.74, 6) is 1.55. The van der Waals surface area contributed by atoms with Crippen LogP contribution in [0.15, 0.2) is 48.5 Å². The zero-order valence-electron chi connectivity index (χ0n) is 13.3. The molecule has 0 bridgehead atoms. The molecule has 2 aromatic carbocycles. The van der Waals surface area contributed by atoms with Crippen LogP contribution < -0.4 is 27.2 Å². The van der Waals surface area contributed by atoms with E-state index in [1.807, 2.05) is 42.5 Å². The molecule has 2 aromatic rings. The molecule has 0 saturated carbocycles. The van der Waals surface area contributed by atoms with Gasteiger partial charge in [-0.25, -0.2) is 0 Å². The Kier molecular flexibility index (Phi) is 7.78. The van der Waals surface area contributed by atoms with Crippen molar-refractivity contribution >= 4 is 0 Å². The number of hydrogen-bond acceptors (Lipinski definition) is 3. The van der Waals surface area contributed by atoms with E-state index in [-0.39, 0.29) is 12.4 Å². The van der Waals surface area contributed by atoms with Crippen molar-refractivity contribution in [1.29, 1.82) is 0 Å². The van der Waals surface area contributed by atoms with Gasteiger partial charge in [-0.15, -0.1) is 0 Å². The molecule has 0 atom stereocenters. The molecule has 2 rings (SSSR count). The van der Waals surface area contributed by atoms with Gasteiger partial charge in [-0.3, -0.25) is 0 Å². The van der Waals surface area contributed by atoms with E-state index in [1.54, 1.807) is 7.11 Å². The van der Waals surface area contributed by atoms with Crippen molar-refractivity contribution in [2.45, 2.75) is 33.0 Å². The molecule has 1 N–H and O–H groups in total. The second kappa shape index (κ2) is 9.34. The van der Waals surface area contributed by atoms with Crippen LogP contribution in [-0.2, 0) is 13.2 Å². The Labute approximate surface area is 139 Å². The zero-order chi connectivity index (χ0) is 15.1. The van der Waals surface area contributed by atoms with Crippen molar-refractivity contribution in [3.63, 3.8) is 0 Å². The summed E-state index contributed by atoms with van der Waals surface area (Å²) in [7, 11) is 1.67. The number of rotatable bonds is 7. The summed E-state index contributed by atoms with van der Waals surface area (Å²) in [6.45, 7) is 5.64. The number of nitrogens with one attached hydrogen (secondary N) is 1. The summed E-state index contributed by atoms with van der Waals surface area (Å²) < 4.78 is 11.3. The molecule has 4 heteroatoms. The van der Waals surface area contributed by atoms with Crippen LogP contribution in [0, 0.1) is 0 Å². The summed E-state index contributed by atoms with van der Waals surface area (Å²) in [6, 6.07) is 16.6. The minimum Gasteiger partial charge on any atom is -1.00 e. The quantitative estimate of drug-likeness (QED) is 0.818. The van der Waals surface area contributed by atoms with Gasteiger partial charge < -0.3 is 27.2 Å². The third-order valence-corrected chi connectivity index (χ3v) is 3.18. The average Bonchev–Trinajstić information content (AvgIpc) is 2.52. The molecule has 0 radical (unpaired) electrons. The fourth-order valence-corrected chi connectivity index (χ4v) is 2.00. The maximum atomic E-state index is 5.85. The first-order valence-electron chi connectivity index (χ1n) is 7.26. The van der Waals surface area contributed by atoms with E-state index >= 15 is 0 Å². The first-order valence-corrected chi connectivity index (χ1v) is 7.26. The molecular weight excluding hydrogens is 298 g/mol. The Hall–Kier alpha value is -1.71. The lowest BCUT2D eigenvalue weighted by Crippen LogP contribution is -3.00. The second-order valence-corrected chi connectivity index (χ2v) is 5.30. The molecule has 0 aromatic heterocycles. The van der Waals surface area contributed by atoms with E-state index in [2.05, 4.69) is 25.2 Å². The molecule has 22 heavy (non-hydrogen) atoms. The minimum absolute atomic E-state index is 0. The van der Waals surface area contributed by atoms with Gasteiger partial charge in [0, 0.05) is 12.6 Å². The largest absolute Gasteiger partial charge is 1.00 e. The van der Waals surface area contributed by atoms with E-state index in [4.69, 9.17) is 9.47 Å². The summed E-state index contributed by atoms with van der Waals surface area (Å²) in [4.78, 5) is 0. The highest BCUT2D eigenvalue weighted by atomic mass is 35.5. The van der Waals surface area contributed by atoms with Crippen molar-refractivity contribution < 1.29 is 21.9 Å². The number of methoxy groups -OCH3 is 1. The van der Waals surface area contributed by atoms with Crippen LogP contribution in [0.1, 0.15) is 25.0 Å². The predicted molar refractivity (Wildman–Crippen MR) is 85.7 cm³/mol. The van der Waals surface area contributed by atoms with E-state index in [9.17, 15) is 0 Å². The van der Waals surface area contributed by atoms with Gasteiger partial charge in [-0.05, 0) is 23.3 Å². The predicted octanol–water partition coefficient (Wildman–Crippen LogP) is 0.776. The van der Waals surface area contributed by atoms with Crippen LogP contribution in [0.2, 0.25) is 0 Å². The molecular formula is C18H23ClNO2-. The third kappa shape index (κ3) is 5.58. The number of ether oxygens (including phenoxy) is 2. The van der Waals surface area contributed by atoms with Crippen LogP contribution in [0.3, 0.4) is 0 Å². The molecule has 0 fully saturated rings. The second-order valence-electron chi connectivity index (χ2n) is 5.30. The van der Waals surface area contributed by atoms with Gasteiger partial charge in [0.15, 0.2) is 11.5 Å². The summed E-state index contributed by atoms with van der Waals surface area (Å²) in [5.41, 5.74) is 2.33. The van der Waals surface area contributed by atoms with E-state index in [0.717, 1.165) is 23.6 Å². The Bertz CT molecular complexity index is 558. The Morgan fingerprint density at radius 1 is 0.955 bits per heavy atom. The van der Waals surface area contributed by atoms with Crippen molar-refractivity contribution in [2.75, 3.05) is 7.11 Å². The topological polar surface area (TPSA) is 30.5 Å². The summed E-state index contributed by atoms with van der Waals surface area (Å²) in [5, 5.41) is 3.39. The van der Waals surface area contributed by atoms with Gasteiger partial charge >= 0.3 is 0 Å². The average molecular weight is 321 g/mol. The molecule has 0 spiro atoms. The minimum atomic E-state index is 0. The molecule has 0 aliphatic heterocycles. The number of halogens is 1. The van der Waals surface area contributed by atoms with Crippen molar-refractivity contribution in [2.24, 2.45) is 0 Å². The van der Waals surface area contributed by atoms with Crippen LogP contribution in [0.5, 0.6) is 11.5 Å². The summed E-state index contributed by atoms with van der Waals surface area (Å²) >= 11 is 0. The Morgan fingerprint density at radius 2 is 1.68 bits per heavy atom. The lowest BCUT2D eigenvalue weighted by atomic mass is 10.2. The lowest BCUT2D eigenvalue weighted by Gasteiger charge is -2.13. The van der Waals surface area contributed by atoms with Crippen LogP contribution in [-0.4, -0.2) is 13.2 Å². The Balaban J connectivity index is 0.00000242. The highest BCUT2D eigenvalue weighted by molar-refractivity contribution is 5.43. The molecule has 0 unspecified atom stereocenters. The van der Waals surface area contributed by atoms with Crippen LogP contribution in [0.4, 0.5) is 0 Å². The first-order chi connectivity index (χ1) is 10.2. The first kappa shape index (κ1) is 18.3. The van der Waals surface area contributed by atoms with Crippen LogP contribution in [0.25, 0.3) is 0 Å². The molecule has 0 saturated heterocycles. The molecule has 0 aliphatic carbocycles. The maximum Gasteiger partial charge on any atom is 0.161 e. The molecule has 0 heterocycles. The number of benzene rings is 2. The van der Waals surface area contributed by atoms with Crippen LogP contribution >= 0.6 is 0 Å².